The Morgan fingerprint density at radius 3 is 2.07 bits per heavy atom. The summed E-state index contributed by atoms with van der Waals surface area (Å²) in [4.78, 5) is 0. The van der Waals surface area contributed by atoms with Crippen molar-refractivity contribution < 1.29 is 4.74 Å². The summed E-state index contributed by atoms with van der Waals surface area (Å²) < 4.78 is 5.66. The van der Waals surface area contributed by atoms with Gasteiger partial charge in [-0.1, -0.05) is 64.2 Å². The van der Waals surface area contributed by atoms with Crippen molar-refractivity contribution >= 4 is 0 Å². The normalized spacial score (nSPS) is 27.1. The zero-order valence-corrected chi connectivity index (χ0v) is 18.9. The van der Waals surface area contributed by atoms with Crippen LogP contribution < -0.4 is 4.74 Å². The monoisotopic (exact) mass is 394 g/mol. The second-order valence-corrected chi connectivity index (χ2v) is 9.53. The fourth-order valence-electron chi connectivity index (χ4n) is 5.41. The molecule has 1 aromatic rings. The smallest absolute Gasteiger partial charge is 0.119 e. The minimum atomic E-state index is 0.604. The van der Waals surface area contributed by atoms with Gasteiger partial charge in [-0.05, 0) is 87.0 Å². The minimum absolute atomic E-state index is 0.604. The maximum absolute atomic E-state index is 5.66. The molecule has 0 atom stereocenters. The maximum atomic E-state index is 5.66. The highest BCUT2D eigenvalue weighted by atomic mass is 16.5. The SMILES string of the molecule is CCCCC[C@H]1CC[C@H]([C@H]2CC[C@H](C#Cc3ccc(OCCC)cc3)CC2)CC1. The van der Waals surface area contributed by atoms with Gasteiger partial charge in [-0.3, -0.25) is 0 Å². The van der Waals surface area contributed by atoms with Crippen molar-refractivity contribution in [3.05, 3.63) is 29.8 Å². The molecule has 1 heteroatoms. The Morgan fingerprint density at radius 2 is 1.45 bits per heavy atom. The van der Waals surface area contributed by atoms with Crippen molar-refractivity contribution in [2.75, 3.05) is 6.61 Å². The number of hydrogen-bond acceptors (Lipinski definition) is 1. The van der Waals surface area contributed by atoms with Gasteiger partial charge in [0.05, 0.1) is 6.61 Å². The summed E-state index contributed by atoms with van der Waals surface area (Å²) in [5.41, 5.74) is 1.12. The molecule has 0 aromatic heterocycles. The molecular weight excluding hydrogens is 352 g/mol. The highest BCUT2D eigenvalue weighted by molar-refractivity contribution is 5.38. The molecule has 0 unspecified atom stereocenters. The van der Waals surface area contributed by atoms with E-state index < -0.39 is 0 Å². The van der Waals surface area contributed by atoms with E-state index in [-0.39, 0.29) is 0 Å². The lowest BCUT2D eigenvalue weighted by Gasteiger charge is -2.37. The Labute approximate surface area is 180 Å². The third-order valence-corrected chi connectivity index (χ3v) is 7.29. The molecule has 2 saturated carbocycles. The fourth-order valence-corrected chi connectivity index (χ4v) is 5.41. The van der Waals surface area contributed by atoms with Gasteiger partial charge in [0, 0.05) is 11.5 Å². The molecule has 1 aromatic carbocycles. The Balaban J connectivity index is 1.37. The Morgan fingerprint density at radius 1 is 0.793 bits per heavy atom. The minimum Gasteiger partial charge on any atom is -0.494 e. The summed E-state index contributed by atoms with van der Waals surface area (Å²) in [6.45, 7) is 5.24. The van der Waals surface area contributed by atoms with Crippen molar-refractivity contribution in [3.63, 3.8) is 0 Å². The van der Waals surface area contributed by atoms with Crippen LogP contribution in [0, 0.1) is 35.5 Å². The Kier molecular flexibility index (Phi) is 9.46. The van der Waals surface area contributed by atoms with E-state index in [9.17, 15) is 0 Å². The van der Waals surface area contributed by atoms with Crippen LogP contribution in [-0.4, -0.2) is 6.61 Å². The van der Waals surface area contributed by atoms with Crippen LogP contribution in [-0.2, 0) is 0 Å². The molecule has 1 nitrogen and oxygen atoms in total. The molecule has 0 spiro atoms. The third-order valence-electron chi connectivity index (χ3n) is 7.29. The van der Waals surface area contributed by atoms with E-state index in [2.05, 4.69) is 50.0 Å². The van der Waals surface area contributed by atoms with Gasteiger partial charge in [0.15, 0.2) is 0 Å². The molecule has 0 heterocycles. The lowest BCUT2D eigenvalue weighted by molar-refractivity contribution is 0.153. The predicted molar refractivity (Wildman–Crippen MR) is 124 cm³/mol. The van der Waals surface area contributed by atoms with E-state index in [0.717, 1.165) is 42.1 Å². The first-order valence-corrected chi connectivity index (χ1v) is 12.5. The largest absolute Gasteiger partial charge is 0.494 e. The van der Waals surface area contributed by atoms with Gasteiger partial charge >= 0.3 is 0 Å². The molecule has 3 rings (SSSR count). The summed E-state index contributed by atoms with van der Waals surface area (Å²) in [5, 5.41) is 0. The molecule has 160 valence electrons. The Bertz CT molecular complexity index is 619. The highest BCUT2D eigenvalue weighted by Gasteiger charge is 2.30. The number of hydrogen-bond donors (Lipinski definition) is 0. The second kappa shape index (κ2) is 12.3. The van der Waals surface area contributed by atoms with Crippen LogP contribution in [0.4, 0.5) is 0 Å². The first-order chi connectivity index (χ1) is 14.3. The van der Waals surface area contributed by atoms with Crippen LogP contribution in [0.5, 0.6) is 5.75 Å². The molecule has 0 saturated heterocycles. The zero-order chi connectivity index (χ0) is 20.3. The van der Waals surface area contributed by atoms with Gasteiger partial charge in [0.1, 0.15) is 5.75 Å². The molecule has 29 heavy (non-hydrogen) atoms. The number of unbranched alkanes of at least 4 members (excludes halogenated alkanes) is 2. The molecule has 0 radical (unpaired) electrons. The average Bonchev–Trinajstić information content (AvgIpc) is 2.78. The molecule has 2 fully saturated rings. The lowest BCUT2D eigenvalue weighted by Crippen LogP contribution is -2.25. The van der Waals surface area contributed by atoms with Crippen molar-refractivity contribution in [2.24, 2.45) is 23.7 Å². The van der Waals surface area contributed by atoms with Gasteiger partial charge in [0.2, 0.25) is 0 Å². The number of benzene rings is 1. The van der Waals surface area contributed by atoms with Crippen molar-refractivity contribution in [1.29, 1.82) is 0 Å². The highest BCUT2D eigenvalue weighted by Crippen LogP contribution is 2.42. The van der Waals surface area contributed by atoms with Crippen LogP contribution in [0.25, 0.3) is 0 Å². The van der Waals surface area contributed by atoms with E-state index in [4.69, 9.17) is 4.74 Å². The number of rotatable bonds is 8. The van der Waals surface area contributed by atoms with E-state index in [0.29, 0.717) is 5.92 Å². The topological polar surface area (TPSA) is 9.23 Å². The van der Waals surface area contributed by atoms with Crippen LogP contribution in [0.3, 0.4) is 0 Å². The van der Waals surface area contributed by atoms with Crippen LogP contribution in [0.15, 0.2) is 24.3 Å². The number of ether oxygens (including phenoxy) is 1. The molecule has 0 amide bonds. The molecule has 2 aliphatic rings. The molecule has 2 aliphatic carbocycles. The van der Waals surface area contributed by atoms with Gasteiger partial charge in [0.25, 0.3) is 0 Å². The second-order valence-electron chi connectivity index (χ2n) is 9.53. The first kappa shape index (κ1) is 22.3. The third kappa shape index (κ3) is 7.40. The van der Waals surface area contributed by atoms with E-state index in [1.807, 2.05) is 0 Å². The lowest BCUT2D eigenvalue weighted by atomic mass is 9.69. The van der Waals surface area contributed by atoms with Gasteiger partial charge < -0.3 is 4.74 Å². The maximum Gasteiger partial charge on any atom is 0.119 e. The summed E-state index contributed by atoms with van der Waals surface area (Å²) in [6, 6.07) is 8.30. The summed E-state index contributed by atoms with van der Waals surface area (Å²) in [7, 11) is 0. The van der Waals surface area contributed by atoms with Crippen LogP contribution in [0.2, 0.25) is 0 Å². The van der Waals surface area contributed by atoms with Gasteiger partial charge in [-0.25, -0.2) is 0 Å². The summed E-state index contributed by atoms with van der Waals surface area (Å²) >= 11 is 0. The molecule has 0 bridgehead atoms. The van der Waals surface area contributed by atoms with Crippen molar-refractivity contribution in [1.82, 2.24) is 0 Å². The van der Waals surface area contributed by atoms with Crippen LogP contribution in [0.1, 0.15) is 103 Å². The fraction of sp³-hybridized carbons (Fsp3) is 0.714. The summed E-state index contributed by atoms with van der Waals surface area (Å²) in [6.07, 6.45) is 18.3. The van der Waals surface area contributed by atoms with Gasteiger partial charge in [-0.15, -0.1) is 0 Å². The first-order valence-electron chi connectivity index (χ1n) is 12.5. The van der Waals surface area contributed by atoms with E-state index in [1.54, 1.807) is 0 Å². The molecule has 0 N–H and O–H groups in total. The predicted octanol–water partition coefficient (Wildman–Crippen LogP) is 8.02. The quantitative estimate of drug-likeness (QED) is 0.320. The van der Waals surface area contributed by atoms with Crippen molar-refractivity contribution in [3.8, 4) is 17.6 Å². The van der Waals surface area contributed by atoms with Gasteiger partial charge in [-0.2, -0.15) is 0 Å². The average molecular weight is 395 g/mol. The zero-order valence-electron chi connectivity index (χ0n) is 18.9. The van der Waals surface area contributed by atoms with E-state index >= 15 is 0 Å². The van der Waals surface area contributed by atoms with E-state index in [1.165, 1.54) is 77.0 Å². The molecular formula is C28H42O. The van der Waals surface area contributed by atoms with Crippen LogP contribution >= 0.6 is 0 Å². The summed E-state index contributed by atoms with van der Waals surface area (Å²) in [5.74, 6) is 11.6. The van der Waals surface area contributed by atoms with Crippen molar-refractivity contribution in [2.45, 2.75) is 97.3 Å². The standard InChI is InChI=1S/C28H42O/c1-3-5-6-7-23-10-16-26(17-11-23)27-18-12-24(13-19-27)8-9-25-14-20-28(21-15-25)29-22-4-2/h14-15,20-21,23-24,26-27H,3-7,10-13,16-19,22H2,1-2H3/t23-,24-,26-,27-. The molecule has 0 aliphatic heterocycles. The Hall–Kier alpha value is -1.42.